The van der Waals surface area contributed by atoms with E-state index in [1.807, 2.05) is 24.3 Å². The minimum absolute atomic E-state index is 0.0884. The second kappa shape index (κ2) is 13.1. The fraction of sp³-hybridized carbons (Fsp3) is 0.590. The average Bonchev–Trinajstić information content (AvgIpc) is 3.62. The normalized spacial score (nSPS) is 21.0. The summed E-state index contributed by atoms with van der Waals surface area (Å²) in [5.74, 6) is 0.748. The summed E-state index contributed by atoms with van der Waals surface area (Å²) in [6, 6.07) is 13.8. The van der Waals surface area contributed by atoms with Crippen molar-refractivity contribution in [2.24, 2.45) is 5.41 Å². The van der Waals surface area contributed by atoms with Crippen LogP contribution in [0.2, 0.25) is 0 Å². The molecule has 2 amide bonds. The van der Waals surface area contributed by atoms with E-state index in [0.29, 0.717) is 18.0 Å². The second-order valence-corrected chi connectivity index (χ2v) is 17.8. The summed E-state index contributed by atoms with van der Waals surface area (Å²) < 4.78 is 35.5. The van der Waals surface area contributed by atoms with E-state index in [-0.39, 0.29) is 11.4 Å². The Hall–Kier alpha value is -3.37. The van der Waals surface area contributed by atoms with E-state index in [0.717, 1.165) is 86.1 Å². The molecule has 0 bridgehead atoms. The van der Waals surface area contributed by atoms with Gasteiger partial charge in [0, 0.05) is 48.2 Å². The number of rotatable bonds is 9. The first-order chi connectivity index (χ1) is 23.5. The molecule has 3 saturated carbocycles. The number of sulfonamides is 1. The van der Waals surface area contributed by atoms with Gasteiger partial charge in [0.05, 0.1) is 23.5 Å². The molecular weight excluding hydrogens is 637 g/mol. The highest BCUT2D eigenvalue weighted by Gasteiger charge is 2.54. The van der Waals surface area contributed by atoms with Crippen LogP contribution in [-0.4, -0.2) is 79.2 Å². The summed E-state index contributed by atoms with van der Waals surface area (Å²) in [4.78, 5) is 32.7. The van der Waals surface area contributed by atoms with Gasteiger partial charge in [0.15, 0.2) is 0 Å². The number of aromatic nitrogens is 1. The van der Waals surface area contributed by atoms with Crippen molar-refractivity contribution in [1.29, 1.82) is 0 Å². The molecule has 0 radical (unpaired) electrons. The number of likely N-dealkylation sites (N-methyl/N-ethyl adjacent to an activating group) is 1. The third-order valence-corrected chi connectivity index (χ3v) is 13.9. The number of amides is 2. The number of carbonyl (C=O) groups excluding carboxylic acids is 2. The van der Waals surface area contributed by atoms with E-state index >= 15 is 0 Å². The molecule has 1 N–H and O–H groups in total. The first-order valence-corrected chi connectivity index (χ1v) is 19.9. The maximum Gasteiger partial charge on any atom is 0.264 e. The summed E-state index contributed by atoms with van der Waals surface area (Å²) >= 11 is 0. The molecule has 49 heavy (non-hydrogen) atoms. The van der Waals surface area contributed by atoms with E-state index in [2.05, 4.69) is 38.3 Å². The third kappa shape index (κ3) is 6.28. The molecule has 3 aliphatic carbocycles. The number of benzene rings is 2. The van der Waals surface area contributed by atoms with E-state index < -0.39 is 26.6 Å². The van der Waals surface area contributed by atoms with Crippen LogP contribution in [0.15, 0.2) is 42.5 Å². The minimum Gasteiger partial charge on any atom is -0.497 e. The summed E-state index contributed by atoms with van der Waals surface area (Å²) in [5.41, 5.74) is 4.18. The van der Waals surface area contributed by atoms with E-state index in [1.54, 1.807) is 27.0 Å². The Balaban J connectivity index is 1.35. The van der Waals surface area contributed by atoms with Gasteiger partial charge in [-0.2, -0.15) is 0 Å². The van der Waals surface area contributed by atoms with Gasteiger partial charge in [-0.05, 0) is 113 Å². The molecule has 0 unspecified atom stereocenters. The quantitative estimate of drug-likeness (QED) is 0.269. The van der Waals surface area contributed by atoms with Crippen molar-refractivity contribution < 1.29 is 22.7 Å². The summed E-state index contributed by atoms with van der Waals surface area (Å²) in [7, 11) is 0.0844. The van der Waals surface area contributed by atoms with Gasteiger partial charge in [-0.25, -0.2) is 13.1 Å². The SMILES string of the molecule is COc1ccc(-c2c(C3CCCCC3)c3ccc(C(=O)NS(=O)(=O)C(C)C)cc3n2CC2(C(=O)N3CCN(C)C4(CCCC4)C3)CC2)cc1. The number of carbonyl (C=O) groups is 2. The van der Waals surface area contributed by atoms with Crippen LogP contribution in [0.4, 0.5) is 0 Å². The van der Waals surface area contributed by atoms with E-state index in [9.17, 15) is 18.0 Å². The molecular formula is C39H52N4O5S. The van der Waals surface area contributed by atoms with Crippen molar-refractivity contribution in [2.45, 2.75) is 108 Å². The number of hydrogen-bond acceptors (Lipinski definition) is 6. The van der Waals surface area contributed by atoms with Gasteiger partial charge in [-0.15, -0.1) is 0 Å². The van der Waals surface area contributed by atoms with Crippen molar-refractivity contribution in [3.63, 3.8) is 0 Å². The van der Waals surface area contributed by atoms with Crippen molar-refractivity contribution in [3.05, 3.63) is 53.6 Å². The standard InChI is InChI=1S/C39H52N4O5S/c1-27(2)49(46,47)40-36(44)30-14-17-32-33(24-30)43(35(29-12-15-31(48-4)16-13-29)34(32)28-10-6-5-7-11-28)25-38(20-21-38)37(45)42-23-22-41(3)39(26-42)18-8-9-19-39/h12-17,24,27-28H,5-11,18-23,25-26H2,1-4H3,(H,40,44). The van der Waals surface area contributed by atoms with Gasteiger partial charge in [-0.1, -0.05) is 38.2 Å². The highest BCUT2D eigenvalue weighted by molar-refractivity contribution is 7.90. The fourth-order valence-electron chi connectivity index (χ4n) is 8.89. The van der Waals surface area contributed by atoms with Crippen molar-refractivity contribution >= 4 is 32.7 Å². The lowest BCUT2D eigenvalue weighted by Crippen LogP contribution is -2.61. The van der Waals surface area contributed by atoms with Crippen molar-refractivity contribution in [1.82, 2.24) is 19.1 Å². The molecule has 4 fully saturated rings. The number of fused-ring (bicyclic) bond motifs is 1. The Labute approximate surface area is 291 Å². The molecule has 9 nitrogen and oxygen atoms in total. The molecule has 2 aromatic carbocycles. The molecule has 4 aliphatic rings. The van der Waals surface area contributed by atoms with Gasteiger partial charge < -0.3 is 14.2 Å². The number of ether oxygens (including phenoxy) is 1. The van der Waals surface area contributed by atoms with Crippen LogP contribution >= 0.6 is 0 Å². The smallest absolute Gasteiger partial charge is 0.264 e. The fourth-order valence-corrected chi connectivity index (χ4v) is 9.50. The molecule has 1 spiro atoms. The Morgan fingerprint density at radius 3 is 2.27 bits per heavy atom. The topological polar surface area (TPSA) is 101 Å². The monoisotopic (exact) mass is 688 g/mol. The van der Waals surface area contributed by atoms with E-state index in [1.165, 1.54) is 37.7 Å². The van der Waals surface area contributed by atoms with E-state index in [4.69, 9.17) is 4.74 Å². The number of nitrogens with one attached hydrogen (secondary N) is 1. The number of nitrogens with zero attached hydrogens (tertiary/aromatic N) is 3. The zero-order valence-corrected chi connectivity index (χ0v) is 30.4. The van der Waals surface area contributed by atoms with Crippen molar-refractivity contribution in [3.8, 4) is 17.0 Å². The molecule has 0 atom stereocenters. The van der Waals surface area contributed by atoms with Gasteiger partial charge in [0.1, 0.15) is 5.75 Å². The lowest BCUT2D eigenvalue weighted by molar-refractivity contribution is -0.142. The van der Waals surface area contributed by atoms with Crippen LogP contribution in [0.25, 0.3) is 22.2 Å². The number of hydrogen-bond donors (Lipinski definition) is 1. The Kier molecular flexibility index (Phi) is 9.09. The molecule has 7 rings (SSSR count). The lowest BCUT2D eigenvalue weighted by atomic mass is 9.81. The van der Waals surface area contributed by atoms with Crippen LogP contribution in [0, 0.1) is 5.41 Å². The number of methoxy groups -OCH3 is 1. The summed E-state index contributed by atoms with van der Waals surface area (Å²) in [6.07, 6.45) is 12.1. The molecule has 3 aromatic rings. The number of piperazine rings is 1. The Morgan fingerprint density at radius 1 is 0.939 bits per heavy atom. The zero-order chi connectivity index (χ0) is 34.6. The highest BCUT2D eigenvalue weighted by atomic mass is 32.2. The van der Waals surface area contributed by atoms with Gasteiger partial charge in [0.2, 0.25) is 15.9 Å². The van der Waals surface area contributed by atoms with Crippen LogP contribution in [0.3, 0.4) is 0 Å². The summed E-state index contributed by atoms with van der Waals surface area (Å²) in [6.45, 7) is 6.08. The first kappa shape index (κ1) is 34.1. The minimum atomic E-state index is -3.81. The first-order valence-electron chi connectivity index (χ1n) is 18.3. The van der Waals surface area contributed by atoms with Crippen LogP contribution in [0.1, 0.15) is 106 Å². The zero-order valence-electron chi connectivity index (χ0n) is 29.6. The van der Waals surface area contributed by atoms with Crippen molar-refractivity contribution in [2.75, 3.05) is 33.8 Å². The Morgan fingerprint density at radius 2 is 1.63 bits per heavy atom. The predicted octanol–water partition coefficient (Wildman–Crippen LogP) is 6.70. The average molecular weight is 689 g/mol. The molecule has 10 heteroatoms. The molecule has 1 aromatic heterocycles. The molecule has 2 heterocycles. The molecule has 264 valence electrons. The largest absolute Gasteiger partial charge is 0.497 e. The second-order valence-electron chi connectivity index (χ2n) is 15.5. The molecule has 1 aliphatic heterocycles. The maximum absolute atomic E-state index is 14.7. The molecule has 1 saturated heterocycles. The third-order valence-electron chi connectivity index (χ3n) is 12.2. The lowest BCUT2D eigenvalue weighted by Gasteiger charge is -2.48. The Bertz CT molecular complexity index is 1830. The van der Waals surface area contributed by atoms with Crippen LogP contribution < -0.4 is 9.46 Å². The van der Waals surface area contributed by atoms with Crippen LogP contribution in [-0.2, 0) is 21.4 Å². The van der Waals surface area contributed by atoms with Crippen LogP contribution in [0.5, 0.6) is 5.75 Å². The highest BCUT2D eigenvalue weighted by Crippen LogP contribution is 2.53. The summed E-state index contributed by atoms with van der Waals surface area (Å²) in [5, 5.41) is 0.344. The maximum atomic E-state index is 14.7. The van der Waals surface area contributed by atoms with Gasteiger partial charge in [-0.3, -0.25) is 14.5 Å². The predicted molar refractivity (Wildman–Crippen MR) is 193 cm³/mol. The van der Waals surface area contributed by atoms with Gasteiger partial charge >= 0.3 is 0 Å². The van der Waals surface area contributed by atoms with Gasteiger partial charge in [0.25, 0.3) is 5.91 Å².